The lowest BCUT2D eigenvalue weighted by atomic mass is 10.0. The molecule has 0 spiro atoms. The number of nitrogens with zero attached hydrogens (tertiary/aromatic N) is 3. The Morgan fingerprint density at radius 1 is 0.684 bits per heavy atom. The molecule has 1 unspecified atom stereocenters. The lowest BCUT2D eigenvalue weighted by Gasteiger charge is -2.13. The molecule has 0 radical (unpaired) electrons. The predicted octanol–water partition coefficient (Wildman–Crippen LogP) is 10.8. The van der Waals surface area contributed by atoms with E-state index in [0.717, 1.165) is 31.4 Å². The van der Waals surface area contributed by atoms with E-state index in [1.165, 1.54) is 121 Å². The molecule has 0 bridgehead atoms. The van der Waals surface area contributed by atoms with E-state index < -0.39 is 5.97 Å². The maximum absolute atomic E-state index is 11.3. The van der Waals surface area contributed by atoms with Crippen LogP contribution in [-0.4, -0.2) is 37.0 Å². The Morgan fingerprint density at radius 3 is 1.63 bits per heavy atom. The van der Waals surface area contributed by atoms with Gasteiger partial charge in [-0.2, -0.15) is 15.0 Å². The zero-order chi connectivity index (χ0) is 27.7. The van der Waals surface area contributed by atoms with Crippen LogP contribution in [0.15, 0.2) is 10.3 Å². The third-order valence-corrected chi connectivity index (χ3v) is 9.08. The summed E-state index contributed by atoms with van der Waals surface area (Å²) in [7, 11) is 0. The van der Waals surface area contributed by atoms with Crippen LogP contribution in [0.3, 0.4) is 0 Å². The molecule has 1 heterocycles. The van der Waals surface area contributed by atoms with E-state index in [4.69, 9.17) is 11.6 Å². The summed E-state index contributed by atoms with van der Waals surface area (Å²) < 4.78 is 0. The minimum atomic E-state index is -0.781. The van der Waals surface area contributed by atoms with Gasteiger partial charge in [-0.25, -0.2) is 0 Å². The summed E-state index contributed by atoms with van der Waals surface area (Å²) in [4.78, 5) is 24.4. The topological polar surface area (TPSA) is 76.0 Å². The zero-order valence-electron chi connectivity index (χ0n) is 24.2. The molecule has 1 atom stereocenters. The van der Waals surface area contributed by atoms with E-state index in [9.17, 15) is 9.90 Å². The van der Waals surface area contributed by atoms with Crippen LogP contribution >= 0.6 is 35.1 Å². The molecule has 220 valence electrons. The highest BCUT2D eigenvalue weighted by molar-refractivity contribution is 8.00. The van der Waals surface area contributed by atoms with Crippen LogP contribution in [-0.2, 0) is 4.79 Å². The Bertz CT molecular complexity index is 712. The molecular weight excluding hydrogens is 534 g/mol. The van der Waals surface area contributed by atoms with Crippen molar-refractivity contribution in [3.05, 3.63) is 5.28 Å². The van der Waals surface area contributed by atoms with Crippen molar-refractivity contribution in [1.82, 2.24) is 15.0 Å². The van der Waals surface area contributed by atoms with E-state index in [2.05, 4.69) is 28.8 Å². The Labute approximate surface area is 246 Å². The highest BCUT2D eigenvalue weighted by atomic mass is 35.5. The smallest absolute Gasteiger partial charge is 0.304 e. The first-order valence-corrected chi connectivity index (χ1v) is 17.7. The fraction of sp³-hybridized carbons (Fsp3) is 0.867. The van der Waals surface area contributed by atoms with Gasteiger partial charge in [-0.15, -0.1) is 0 Å². The molecule has 0 aromatic carbocycles. The first kappa shape index (κ1) is 35.5. The number of aliphatic carboxylic acids is 1. The van der Waals surface area contributed by atoms with Crippen LogP contribution < -0.4 is 0 Å². The number of thioether (sulfide) groups is 2. The second-order valence-corrected chi connectivity index (χ2v) is 13.2. The molecule has 1 aromatic rings. The lowest BCUT2D eigenvalue weighted by molar-refractivity contribution is -0.137. The molecule has 1 rings (SSSR count). The van der Waals surface area contributed by atoms with Crippen molar-refractivity contribution < 1.29 is 9.90 Å². The number of rotatable bonds is 27. The standard InChI is InChI=1S/C30H54ClN3O2S2/c1-3-5-7-9-10-11-12-13-14-15-16-17-18-19-20-22-24-37-29-32-28(31)33-30(34-29)38-26(25-27(35)36)23-21-8-6-4-2/h26H,3-25H2,1-2H3,(H,35,36). The second kappa shape index (κ2) is 25.4. The van der Waals surface area contributed by atoms with Crippen molar-refractivity contribution in [2.45, 2.75) is 171 Å². The van der Waals surface area contributed by atoms with E-state index >= 15 is 0 Å². The highest BCUT2D eigenvalue weighted by Crippen LogP contribution is 2.29. The van der Waals surface area contributed by atoms with Gasteiger partial charge >= 0.3 is 5.97 Å². The van der Waals surface area contributed by atoms with Crippen LogP contribution in [0.5, 0.6) is 0 Å². The fourth-order valence-corrected chi connectivity index (χ4v) is 6.83. The summed E-state index contributed by atoms with van der Waals surface area (Å²) in [5, 5.41) is 10.6. The number of halogens is 1. The molecule has 0 amide bonds. The molecule has 38 heavy (non-hydrogen) atoms. The van der Waals surface area contributed by atoms with Gasteiger partial charge in [0.1, 0.15) is 0 Å². The normalized spacial score (nSPS) is 12.2. The number of carboxylic acids is 1. The van der Waals surface area contributed by atoms with E-state index in [1.807, 2.05) is 0 Å². The minimum absolute atomic E-state index is 0.0407. The SMILES string of the molecule is CCCCCCCCCCCCCCCCCCSc1nc(Cl)nc(SC(CCCCCC)CC(=O)O)n1. The molecule has 0 saturated heterocycles. The van der Waals surface area contributed by atoms with Crippen LogP contribution in [0.4, 0.5) is 0 Å². The fourth-order valence-electron chi connectivity index (χ4n) is 4.59. The second-order valence-electron chi connectivity index (χ2n) is 10.5. The number of hydrogen-bond donors (Lipinski definition) is 1. The molecule has 0 fully saturated rings. The molecule has 1 N–H and O–H groups in total. The first-order valence-electron chi connectivity index (χ1n) is 15.5. The van der Waals surface area contributed by atoms with E-state index in [-0.39, 0.29) is 17.0 Å². The van der Waals surface area contributed by atoms with Crippen LogP contribution in [0.1, 0.15) is 155 Å². The largest absolute Gasteiger partial charge is 0.481 e. The molecule has 0 aliphatic rings. The average molecular weight is 588 g/mol. The monoisotopic (exact) mass is 587 g/mol. The number of aromatic nitrogens is 3. The van der Waals surface area contributed by atoms with Crippen molar-refractivity contribution in [2.24, 2.45) is 0 Å². The highest BCUT2D eigenvalue weighted by Gasteiger charge is 2.17. The molecule has 0 aliphatic heterocycles. The third kappa shape index (κ3) is 21.3. The summed E-state index contributed by atoms with van der Waals surface area (Å²) in [5.41, 5.74) is 0. The molecule has 1 aromatic heterocycles. The molecule has 0 saturated carbocycles. The van der Waals surface area contributed by atoms with Gasteiger partial charge in [0.2, 0.25) is 5.28 Å². The Balaban J connectivity index is 2.13. The van der Waals surface area contributed by atoms with Gasteiger partial charge in [-0.3, -0.25) is 4.79 Å². The summed E-state index contributed by atoms with van der Waals surface area (Å²) >= 11 is 9.21. The predicted molar refractivity (Wildman–Crippen MR) is 166 cm³/mol. The number of hydrogen-bond acceptors (Lipinski definition) is 6. The van der Waals surface area contributed by atoms with Gasteiger partial charge in [0.15, 0.2) is 10.3 Å². The maximum Gasteiger partial charge on any atom is 0.304 e. The summed E-state index contributed by atoms with van der Waals surface area (Å²) in [6, 6.07) is 0. The van der Waals surface area contributed by atoms with Crippen LogP contribution in [0.2, 0.25) is 5.28 Å². The van der Waals surface area contributed by atoms with Gasteiger partial charge in [0, 0.05) is 11.0 Å². The van der Waals surface area contributed by atoms with Crippen LogP contribution in [0.25, 0.3) is 0 Å². The van der Waals surface area contributed by atoms with Gasteiger partial charge in [0.05, 0.1) is 6.42 Å². The zero-order valence-corrected chi connectivity index (χ0v) is 26.6. The van der Waals surface area contributed by atoms with Crippen molar-refractivity contribution in [3.8, 4) is 0 Å². The van der Waals surface area contributed by atoms with Crippen molar-refractivity contribution >= 4 is 41.1 Å². The molecule has 0 aliphatic carbocycles. The quantitative estimate of drug-likeness (QED) is 0.0809. The van der Waals surface area contributed by atoms with E-state index in [0.29, 0.717) is 10.3 Å². The number of carboxylic acid groups (broad SMARTS) is 1. The Kier molecular flexibility index (Phi) is 23.8. The van der Waals surface area contributed by atoms with Crippen molar-refractivity contribution in [2.75, 3.05) is 5.75 Å². The average Bonchev–Trinajstić information content (AvgIpc) is 2.87. The number of unbranched alkanes of at least 4 members (excludes halogenated alkanes) is 18. The summed E-state index contributed by atoms with van der Waals surface area (Å²) in [5.74, 6) is 0.189. The maximum atomic E-state index is 11.3. The molecule has 8 heteroatoms. The third-order valence-electron chi connectivity index (χ3n) is 6.85. The Morgan fingerprint density at radius 2 is 1.13 bits per heavy atom. The minimum Gasteiger partial charge on any atom is -0.481 e. The Hall–Kier alpha value is -0.530. The van der Waals surface area contributed by atoms with Gasteiger partial charge in [-0.05, 0) is 24.4 Å². The lowest BCUT2D eigenvalue weighted by Crippen LogP contribution is -2.11. The summed E-state index contributed by atoms with van der Waals surface area (Å²) in [6.45, 7) is 4.46. The van der Waals surface area contributed by atoms with Crippen molar-refractivity contribution in [3.63, 3.8) is 0 Å². The van der Waals surface area contributed by atoms with E-state index in [1.54, 1.807) is 11.8 Å². The van der Waals surface area contributed by atoms with Crippen LogP contribution in [0, 0.1) is 0 Å². The van der Waals surface area contributed by atoms with Crippen molar-refractivity contribution in [1.29, 1.82) is 0 Å². The van der Waals surface area contributed by atoms with Gasteiger partial charge in [-0.1, -0.05) is 159 Å². The van der Waals surface area contributed by atoms with Gasteiger partial charge < -0.3 is 5.11 Å². The van der Waals surface area contributed by atoms with Gasteiger partial charge in [0.25, 0.3) is 0 Å². The summed E-state index contributed by atoms with van der Waals surface area (Å²) in [6.07, 6.45) is 27.4. The number of carbonyl (C=O) groups is 1. The molecule has 5 nitrogen and oxygen atoms in total. The first-order chi connectivity index (χ1) is 18.5. The molecular formula is C30H54ClN3O2S2.